The summed E-state index contributed by atoms with van der Waals surface area (Å²) in [6.07, 6.45) is 3.31. The van der Waals surface area contributed by atoms with Crippen molar-refractivity contribution in [1.82, 2.24) is 5.32 Å². The van der Waals surface area contributed by atoms with E-state index in [2.05, 4.69) is 5.32 Å². The number of halogens is 2. The summed E-state index contributed by atoms with van der Waals surface area (Å²) in [7, 11) is 0. The first-order chi connectivity index (χ1) is 12.6. The molecule has 1 aromatic carbocycles. The molecule has 2 heterocycles. The van der Waals surface area contributed by atoms with E-state index < -0.39 is 5.91 Å². The third-order valence-corrected chi connectivity index (χ3v) is 4.55. The van der Waals surface area contributed by atoms with Gasteiger partial charge in [0.15, 0.2) is 0 Å². The normalized spacial score (nSPS) is 17.1. The number of benzene rings is 1. The van der Waals surface area contributed by atoms with Gasteiger partial charge in [0.1, 0.15) is 23.2 Å². The van der Waals surface area contributed by atoms with Crippen molar-refractivity contribution >= 4 is 35.2 Å². The van der Waals surface area contributed by atoms with E-state index in [1.165, 1.54) is 6.08 Å². The van der Waals surface area contributed by atoms with Crippen LogP contribution in [0, 0.1) is 11.3 Å². The van der Waals surface area contributed by atoms with Gasteiger partial charge in [-0.3, -0.25) is 4.79 Å². The number of nitrogens with zero attached hydrogens (tertiary/aromatic N) is 1. The highest BCUT2D eigenvalue weighted by atomic mass is 35.5. The molecule has 1 N–H and O–H groups in total. The molecule has 0 spiro atoms. The number of furan rings is 1. The highest BCUT2D eigenvalue weighted by Gasteiger charge is 2.18. The van der Waals surface area contributed by atoms with Gasteiger partial charge in [-0.15, -0.1) is 0 Å². The summed E-state index contributed by atoms with van der Waals surface area (Å²) in [6.45, 7) is 1.10. The van der Waals surface area contributed by atoms with Gasteiger partial charge < -0.3 is 14.5 Å². The SMILES string of the molecule is N#C/C(=C\c1ccc(-c2cc(Cl)ccc2Cl)o1)C(=O)NC[C@H]1CCCO1. The van der Waals surface area contributed by atoms with Crippen LogP contribution in [0.1, 0.15) is 18.6 Å². The molecule has 0 saturated carbocycles. The smallest absolute Gasteiger partial charge is 0.262 e. The molecule has 5 nitrogen and oxygen atoms in total. The summed E-state index contributed by atoms with van der Waals surface area (Å²) >= 11 is 12.2. The van der Waals surface area contributed by atoms with Crippen molar-refractivity contribution in [3.63, 3.8) is 0 Å². The lowest BCUT2D eigenvalue weighted by atomic mass is 10.2. The highest BCUT2D eigenvalue weighted by Crippen LogP contribution is 2.32. The molecule has 7 heteroatoms. The molecule has 1 fully saturated rings. The van der Waals surface area contributed by atoms with Gasteiger partial charge in [-0.2, -0.15) is 5.26 Å². The Morgan fingerprint density at radius 2 is 2.19 bits per heavy atom. The number of rotatable bonds is 5. The van der Waals surface area contributed by atoms with Crippen LogP contribution in [0.5, 0.6) is 0 Å². The summed E-state index contributed by atoms with van der Waals surface area (Å²) in [6, 6.07) is 10.3. The fraction of sp³-hybridized carbons (Fsp3) is 0.263. The van der Waals surface area contributed by atoms with Gasteiger partial charge in [-0.1, -0.05) is 23.2 Å². The molecule has 3 rings (SSSR count). The van der Waals surface area contributed by atoms with Crippen molar-refractivity contribution in [3.05, 3.63) is 51.7 Å². The fourth-order valence-electron chi connectivity index (χ4n) is 2.66. The molecule has 1 amide bonds. The number of hydrogen-bond donors (Lipinski definition) is 1. The van der Waals surface area contributed by atoms with E-state index in [0.717, 1.165) is 12.8 Å². The van der Waals surface area contributed by atoms with E-state index in [-0.39, 0.29) is 11.7 Å². The predicted molar refractivity (Wildman–Crippen MR) is 99.7 cm³/mol. The van der Waals surface area contributed by atoms with Crippen molar-refractivity contribution in [2.45, 2.75) is 18.9 Å². The Labute approximate surface area is 161 Å². The van der Waals surface area contributed by atoms with Crippen LogP contribution in [0.4, 0.5) is 0 Å². The monoisotopic (exact) mass is 390 g/mol. The van der Waals surface area contributed by atoms with E-state index in [0.29, 0.717) is 40.3 Å². The number of nitrogens with one attached hydrogen (secondary N) is 1. The van der Waals surface area contributed by atoms with Crippen LogP contribution in [0.25, 0.3) is 17.4 Å². The fourth-order valence-corrected chi connectivity index (χ4v) is 3.04. The van der Waals surface area contributed by atoms with Crippen molar-refractivity contribution in [3.8, 4) is 17.4 Å². The number of carbonyl (C=O) groups excluding carboxylic acids is 1. The maximum Gasteiger partial charge on any atom is 0.262 e. The molecule has 26 heavy (non-hydrogen) atoms. The van der Waals surface area contributed by atoms with E-state index in [1.807, 2.05) is 6.07 Å². The minimum atomic E-state index is -0.457. The van der Waals surface area contributed by atoms with Gasteiger partial charge >= 0.3 is 0 Å². The lowest BCUT2D eigenvalue weighted by Gasteiger charge is -2.09. The maximum atomic E-state index is 12.2. The number of amides is 1. The standard InChI is InChI=1S/C19H16Cl2N2O3/c20-13-3-5-17(21)16(9-13)18-6-4-14(26-18)8-12(10-22)19(24)23-11-15-2-1-7-25-15/h3-6,8-9,15H,1-2,7,11H2,(H,23,24)/b12-8+/t15-/m1/s1. The van der Waals surface area contributed by atoms with E-state index in [9.17, 15) is 10.1 Å². The van der Waals surface area contributed by atoms with Gasteiger partial charge in [0, 0.05) is 29.8 Å². The minimum absolute atomic E-state index is 0.0130. The van der Waals surface area contributed by atoms with Gasteiger partial charge in [0.25, 0.3) is 5.91 Å². The van der Waals surface area contributed by atoms with Gasteiger partial charge in [0.05, 0.1) is 11.1 Å². The number of hydrogen-bond acceptors (Lipinski definition) is 4. The molecular weight excluding hydrogens is 375 g/mol. The van der Waals surface area contributed by atoms with Crippen molar-refractivity contribution in [1.29, 1.82) is 5.26 Å². The third-order valence-electron chi connectivity index (χ3n) is 3.99. The Morgan fingerprint density at radius 3 is 2.92 bits per heavy atom. The molecule has 1 aliphatic heterocycles. The Morgan fingerprint density at radius 1 is 1.35 bits per heavy atom. The quantitative estimate of drug-likeness (QED) is 0.603. The Kier molecular flexibility index (Phi) is 6.00. The molecule has 1 atom stereocenters. The lowest BCUT2D eigenvalue weighted by Crippen LogP contribution is -2.32. The summed E-state index contributed by atoms with van der Waals surface area (Å²) < 4.78 is 11.1. The second-order valence-corrected chi connectivity index (χ2v) is 6.68. The topological polar surface area (TPSA) is 75.3 Å². The zero-order valence-electron chi connectivity index (χ0n) is 13.8. The van der Waals surface area contributed by atoms with Gasteiger partial charge in [-0.05, 0) is 43.2 Å². The highest BCUT2D eigenvalue weighted by molar-refractivity contribution is 6.35. The minimum Gasteiger partial charge on any atom is -0.457 e. The summed E-state index contributed by atoms with van der Waals surface area (Å²) in [4.78, 5) is 12.2. The molecule has 0 radical (unpaired) electrons. The van der Waals surface area contributed by atoms with Gasteiger partial charge in [-0.25, -0.2) is 0 Å². The molecule has 0 aliphatic carbocycles. The lowest BCUT2D eigenvalue weighted by molar-refractivity contribution is -0.117. The first-order valence-corrected chi connectivity index (χ1v) is 8.89. The van der Waals surface area contributed by atoms with Crippen LogP contribution >= 0.6 is 23.2 Å². The first-order valence-electron chi connectivity index (χ1n) is 8.13. The zero-order chi connectivity index (χ0) is 18.5. The molecule has 134 valence electrons. The summed E-state index contributed by atoms with van der Waals surface area (Å²) in [5.74, 6) is 0.419. The molecule has 1 aliphatic rings. The summed E-state index contributed by atoms with van der Waals surface area (Å²) in [5, 5.41) is 13.0. The van der Waals surface area contributed by atoms with Crippen LogP contribution in [0.15, 0.2) is 40.3 Å². The van der Waals surface area contributed by atoms with Crippen molar-refractivity contribution in [2.24, 2.45) is 0 Å². The average Bonchev–Trinajstić information content (AvgIpc) is 3.31. The molecule has 0 bridgehead atoms. The van der Waals surface area contributed by atoms with Crippen LogP contribution in [-0.4, -0.2) is 25.2 Å². The molecule has 2 aromatic rings. The van der Waals surface area contributed by atoms with Crippen LogP contribution in [0.3, 0.4) is 0 Å². The molecule has 0 unspecified atom stereocenters. The third kappa shape index (κ3) is 4.47. The molecule has 1 saturated heterocycles. The second-order valence-electron chi connectivity index (χ2n) is 5.84. The van der Waals surface area contributed by atoms with Crippen LogP contribution in [0.2, 0.25) is 10.0 Å². The Balaban J connectivity index is 1.73. The second kappa shape index (κ2) is 8.41. The number of nitriles is 1. The Hall–Kier alpha value is -2.26. The van der Waals surface area contributed by atoms with Crippen molar-refractivity contribution in [2.75, 3.05) is 13.2 Å². The van der Waals surface area contributed by atoms with E-state index in [1.54, 1.807) is 30.3 Å². The van der Waals surface area contributed by atoms with E-state index >= 15 is 0 Å². The number of carbonyl (C=O) groups is 1. The maximum absolute atomic E-state index is 12.2. The van der Waals surface area contributed by atoms with Crippen LogP contribution in [-0.2, 0) is 9.53 Å². The number of ether oxygens (including phenoxy) is 1. The molecular formula is C19H16Cl2N2O3. The predicted octanol–water partition coefficient (Wildman–Crippen LogP) is 4.46. The first kappa shape index (κ1) is 18.5. The van der Waals surface area contributed by atoms with Crippen molar-refractivity contribution < 1.29 is 13.9 Å². The summed E-state index contributed by atoms with van der Waals surface area (Å²) in [5.41, 5.74) is 0.598. The Bertz CT molecular complexity index is 877. The average molecular weight is 391 g/mol. The van der Waals surface area contributed by atoms with Crippen LogP contribution < -0.4 is 5.32 Å². The van der Waals surface area contributed by atoms with E-state index in [4.69, 9.17) is 32.4 Å². The zero-order valence-corrected chi connectivity index (χ0v) is 15.3. The molecule has 1 aromatic heterocycles. The largest absolute Gasteiger partial charge is 0.457 e. The van der Waals surface area contributed by atoms with Gasteiger partial charge in [0.2, 0.25) is 0 Å².